The number of rotatable bonds is 10. The third kappa shape index (κ3) is 5.60. The van der Waals surface area contributed by atoms with E-state index >= 15 is 0 Å². The van der Waals surface area contributed by atoms with Crippen molar-refractivity contribution in [2.75, 3.05) is 14.2 Å². The Bertz CT molecular complexity index is 1710. The molecular formula is C26H22N6O8. The van der Waals surface area contributed by atoms with Gasteiger partial charge in [0.15, 0.2) is 0 Å². The van der Waals surface area contributed by atoms with Crippen LogP contribution in [-0.4, -0.2) is 24.1 Å². The number of benzene rings is 4. The highest BCUT2D eigenvalue weighted by Crippen LogP contribution is 2.24. The van der Waals surface area contributed by atoms with Crippen LogP contribution in [0.1, 0.15) is 11.1 Å². The van der Waals surface area contributed by atoms with Crippen molar-refractivity contribution in [3.8, 4) is 11.5 Å². The molecule has 0 aromatic heterocycles. The smallest absolute Gasteiger partial charge is 0.270 e. The predicted octanol–water partition coefficient (Wildman–Crippen LogP) is 1.48. The van der Waals surface area contributed by atoms with E-state index in [1.54, 1.807) is 24.3 Å². The molecule has 4 aromatic rings. The largest absolute Gasteiger partial charge is 0.496 e. The van der Waals surface area contributed by atoms with E-state index in [0.717, 1.165) is 0 Å². The molecule has 0 aliphatic carbocycles. The van der Waals surface area contributed by atoms with E-state index in [4.69, 9.17) is 9.47 Å². The number of nitrogens with zero attached hydrogens (tertiary/aromatic N) is 4. The minimum atomic E-state index is -0.911. The van der Waals surface area contributed by atoms with Crippen LogP contribution < -0.4 is 41.9 Å². The second-order valence-corrected chi connectivity index (χ2v) is 8.30. The van der Waals surface area contributed by atoms with Crippen molar-refractivity contribution in [3.05, 3.63) is 123 Å². The van der Waals surface area contributed by atoms with Gasteiger partial charge in [-0.25, -0.2) is 0 Å². The maximum atomic E-state index is 13.0. The highest BCUT2D eigenvalue weighted by atomic mass is 16.6. The molecule has 0 fully saturated rings. The Morgan fingerprint density at radius 2 is 1.10 bits per heavy atom. The number of nitro benzene ring substituents is 2. The summed E-state index contributed by atoms with van der Waals surface area (Å²) in [6.07, 6.45) is 0. The Hall–Kier alpha value is -5.66. The molecule has 0 radical (unpaired) electrons. The summed E-state index contributed by atoms with van der Waals surface area (Å²) < 4.78 is 10.5. The van der Waals surface area contributed by atoms with Gasteiger partial charge in [-0.2, -0.15) is 10.2 Å². The van der Waals surface area contributed by atoms with Crippen LogP contribution in [0.2, 0.25) is 0 Å². The van der Waals surface area contributed by atoms with E-state index in [-0.39, 0.29) is 35.2 Å². The van der Waals surface area contributed by atoms with Crippen molar-refractivity contribution in [2.45, 2.75) is 13.1 Å². The predicted molar refractivity (Wildman–Crippen MR) is 143 cm³/mol. The maximum absolute atomic E-state index is 13.0. The summed E-state index contributed by atoms with van der Waals surface area (Å²) in [4.78, 5) is 47.2. The number of ether oxygens (including phenoxy) is 2. The molecule has 0 bridgehead atoms. The first-order valence-electron chi connectivity index (χ1n) is 11.7. The van der Waals surface area contributed by atoms with E-state index < -0.39 is 20.7 Å². The van der Waals surface area contributed by atoms with Crippen LogP contribution in [0, 0.1) is 20.2 Å². The molecule has 0 aliphatic rings. The van der Waals surface area contributed by atoms with Crippen molar-refractivity contribution in [1.82, 2.24) is 10.9 Å². The van der Waals surface area contributed by atoms with E-state index in [0.29, 0.717) is 33.4 Å². The van der Waals surface area contributed by atoms with Crippen LogP contribution in [0.5, 0.6) is 11.5 Å². The second-order valence-electron chi connectivity index (χ2n) is 8.30. The van der Waals surface area contributed by atoms with Gasteiger partial charge in [-0.05, 0) is 12.1 Å². The maximum Gasteiger partial charge on any atom is 0.270 e. The fraction of sp³-hybridized carbons (Fsp3) is 0.154. The summed E-state index contributed by atoms with van der Waals surface area (Å²) >= 11 is 0. The Labute approximate surface area is 224 Å². The standard InChI is InChI=1S/C26H22N6O8/c1-39-21-9-7-17(31(35)36)11-15(21)13-27-29-23-19-5-3-4-6-20(19)24(26(34)25(23)33)30-28-14-16-12-18(32(37)38)8-10-22(16)40-2/h3-12,27-28H,13-14H2,1-2H3. The van der Waals surface area contributed by atoms with Gasteiger partial charge in [-0.15, -0.1) is 0 Å². The molecule has 14 heteroatoms. The van der Waals surface area contributed by atoms with Gasteiger partial charge in [0.05, 0.1) is 37.2 Å². The first-order valence-corrected chi connectivity index (χ1v) is 11.7. The van der Waals surface area contributed by atoms with E-state index in [9.17, 15) is 29.8 Å². The lowest BCUT2D eigenvalue weighted by atomic mass is 10.1. The zero-order valence-corrected chi connectivity index (χ0v) is 21.2. The molecule has 0 saturated carbocycles. The highest BCUT2D eigenvalue weighted by Gasteiger charge is 2.14. The molecular weight excluding hydrogens is 524 g/mol. The number of nitrogens with one attached hydrogen (secondary N) is 2. The van der Waals surface area contributed by atoms with E-state index in [1.807, 2.05) is 0 Å². The first-order chi connectivity index (χ1) is 19.2. The molecule has 4 rings (SSSR count). The molecule has 14 nitrogen and oxygen atoms in total. The minimum Gasteiger partial charge on any atom is -0.496 e. The van der Waals surface area contributed by atoms with Gasteiger partial charge in [0.25, 0.3) is 22.2 Å². The SMILES string of the molecule is COc1ccc([N+](=O)[O-])cc1CNN=c1c(=O)c(=O)c(=NNCc2cc([N+](=O)[O-])ccc2OC)c2ccccc12. The van der Waals surface area contributed by atoms with Crippen molar-refractivity contribution in [3.63, 3.8) is 0 Å². The Balaban J connectivity index is 1.70. The van der Waals surface area contributed by atoms with Gasteiger partial charge in [0.2, 0.25) is 0 Å². The average molecular weight is 546 g/mol. The lowest BCUT2D eigenvalue weighted by Gasteiger charge is -2.08. The third-order valence-corrected chi connectivity index (χ3v) is 5.94. The van der Waals surface area contributed by atoms with Crippen molar-refractivity contribution in [1.29, 1.82) is 0 Å². The number of non-ortho nitro benzene ring substituents is 2. The summed E-state index contributed by atoms with van der Waals surface area (Å²) in [5, 5.41) is 30.9. The van der Waals surface area contributed by atoms with Crippen LogP contribution in [-0.2, 0) is 13.1 Å². The molecule has 0 heterocycles. The third-order valence-electron chi connectivity index (χ3n) is 5.94. The van der Waals surface area contributed by atoms with Gasteiger partial charge in [0.1, 0.15) is 22.2 Å². The van der Waals surface area contributed by atoms with Gasteiger partial charge in [-0.3, -0.25) is 29.8 Å². The zero-order valence-electron chi connectivity index (χ0n) is 21.2. The lowest BCUT2D eigenvalue weighted by Crippen LogP contribution is -2.49. The fourth-order valence-corrected chi connectivity index (χ4v) is 4.02. The number of methoxy groups -OCH3 is 2. The average Bonchev–Trinajstić information content (AvgIpc) is 2.96. The Morgan fingerprint density at radius 1 is 0.700 bits per heavy atom. The molecule has 204 valence electrons. The molecule has 0 spiro atoms. The number of fused-ring (bicyclic) bond motifs is 1. The molecule has 2 N–H and O–H groups in total. The summed E-state index contributed by atoms with van der Waals surface area (Å²) in [6.45, 7) is -0.0446. The van der Waals surface area contributed by atoms with Gasteiger partial charge >= 0.3 is 0 Å². The van der Waals surface area contributed by atoms with Crippen LogP contribution in [0.25, 0.3) is 10.8 Å². The quantitative estimate of drug-likeness (QED) is 0.167. The van der Waals surface area contributed by atoms with Gasteiger partial charge < -0.3 is 20.3 Å². The highest BCUT2D eigenvalue weighted by molar-refractivity contribution is 5.81. The van der Waals surface area contributed by atoms with E-state index in [2.05, 4.69) is 21.1 Å². The van der Waals surface area contributed by atoms with Crippen molar-refractivity contribution < 1.29 is 19.3 Å². The zero-order chi connectivity index (χ0) is 28.8. The van der Waals surface area contributed by atoms with Gasteiger partial charge in [0, 0.05) is 46.2 Å². The fourth-order valence-electron chi connectivity index (χ4n) is 4.02. The van der Waals surface area contributed by atoms with Crippen LogP contribution in [0.15, 0.2) is 80.5 Å². The second kappa shape index (κ2) is 11.8. The molecule has 0 saturated heterocycles. The minimum absolute atomic E-state index is 0.0223. The van der Waals surface area contributed by atoms with Gasteiger partial charge in [-0.1, -0.05) is 24.3 Å². The monoisotopic (exact) mass is 546 g/mol. The van der Waals surface area contributed by atoms with Crippen LogP contribution in [0.4, 0.5) is 11.4 Å². The summed E-state index contributed by atoms with van der Waals surface area (Å²) in [5.74, 6) is 0.760. The van der Waals surface area contributed by atoms with Crippen molar-refractivity contribution >= 4 is 22.1 Å². The molecule has 0 aliphatic heterocycles. The number of nitro groups is 2. The first kappa shape index (κ1) is 27.4. The van der Waals surface area contributed by atoms with E-state index in [1.165, 1.54) is 50.6 Å². The van der Waals surface area contributed by atoms with Crippen molar-refractivity contribution in [2.24, 2.45) is 10.2 Å². The topological polar surface area (TPSA) is 188 Å². The Kier molecular flexibility index (Phi) is 8.08. The van der Waals surface area contributed by atoms with Crippen LogP contribution in [0.3, 0.4) is 0 Å². The summed E-state index contributed by atoms with van der Waals surface area (Å²) in [5.41, 5.74) is 4.13. The Morgan fingerprint density at radius 3 is 1.45 bits per heavy atom. The number of hydrogen-bond acceptors (Lipinski definition) is 12. The van der Waals surface area contributed by atoms with Crippen LogP contribution >= 0.6 is 0 Å². The molecule has 0 unspecified atom stereocenters. The number of hydrogen-bond donors (Lipinski definition) is 2. The molecule has 40 heavy (non-hydrogen) atoms. The molecule has 0 atom stereocenters. The molecule has 4 aromatic carbocycles. The summed E-state index contributed by atoms with van der Waals surface area (Å²) in [6, 6.07) is 14.7. The summed E-state index contributed by atoms with van der Waals surface area (Å²) in [7, 11) is 2.83. The molecule has 0 amide bonds. The lowest BCUT2D eigenvalue weighted by molar-refractivity contribution is -0.385. The normalized spacial score (nSPS) is 11.8.